The van der Waals surface area contributed by atoms with Crippen LogP contribution in [0.1, 0.15) is 98.9 Å². The second kappa shape index (κ2) is 11.5. The Hall–Kier alpha value is -5.50. The number of carbonyl (C=O) groups is 2. The number of hydrogen-bond acceptors (Lipinski definition) is 6. The third-order valence-corrected chi connectivity index (χ3v) is 11.4. The Morgan fingerprint density at radius 2 is 0.923 bits per heavy atom. The van der Waals surface area contributed by atoms with Crippen molar-refractivity contribution in [3.8, 4) is 11.4 Å². The summed E-state index contributed by atoms with van der Waals surface area (Å²) in [6, 6.07) is 29.0. The zero-order valence-corrected chi connectivity index (χ0v) is 30.7. The lowest BCUT2D eigenvalue weighted by molar-refractivity contribution is -0.119. The van der Waals surface area contributed by atoms with Crippen LogP contribution in [-0.4, -0.2) is 31.1 Å². The molecule has 2 aromatic heterocycles. The number of hydrogen-bond donors (Lipinski definition) is 2. The number of nitrogens with one attached hydrogen (secondary N) is 2. The first-order valence-corrected chi connectivity index (χ1v) is 18.4. The summed E-state index contributed by atoms with van der Waals surface area (Å²) in [5, 5.41) is 17.5. The number of aromatic nitrogens is 4. The van der Waals surface area contributed by atoms with Gasteiger partial charge in [0.2, 0.25) is 0 Å². The van der Waals surface area contributed by atoms with Crippen LogP contribution in [0, 0.1) is 24.7 Å². The predicted molar refractivity (Wildman–Crippen MR) is 204 cm³/mol. The van der Waals surface area contributed by atoms with Gasteiger partial charge in [0.05, 0.1) is 22.8 Å². The van der Waals surface area contributed by atoms with Crippen molar-refractivity contribution < 1.29 is 9.59 Å². The van der Waals surface area contributed by atoms with Gasteiger partial charge in [-0.05, 0) is 72.9 Å². The number of fused-ring (bicyclic) bond motifs is 2. The van der Waals surface area contributed by atoms with Crippen molar-refractivity contribution in [1.29, 1.82) is 0 Å². The van der Waals surface area contributed by atoms with Crippen LogP contribution >= 0.6 is 0 Å². The van der Waals surface area contributed by atoms with Crippen LogP contribution in [0.2, 0.25) is 0 Å². The number of allylic oxidation sites excluding steroid dienone is 4. The van der Waals surface area contributed by atoms with Gasteiger partial charge in [-0.1, -0.05) is 88.4 Å². The molecule has 5 aromatic rings. The van der Waals surface area contributed by atoms with E-state index in [1.165, 1.54) is 0 Å². The molecule has 2 aliphatic carbocycles. The van der Waals surface area contributed by atoms with Gasteiger partial charge in [0.15, 0.2) is 11.6 Å². The lowest BCUT2D eigenvalue weighted by atomic mass is 9.68. The van der Waals surface area contributed by atoms with Gasteiger partial charge in [-0.25, -0.2) is 9.36 Å². The fourth-order valence-electron chi connectivity index (χ4n) is 9.21. The average Bonchev–Trinajstić information content (AvgIpc) is 3.61. The first kappa shape index (κ1) is 32.4. The van der Waals surface area contributed by atoms with E-state index >= 15 is 0 Å². The van der Waals surface area contributed by atoms with Gasteiger partial charge in [0.1, 0.15) is 11.6 Å². The van der Waals surface area contributed by atoms with Crippen LogP contribution in [0.3, 0.4) is 0 Å². The summed E-state index contributed by atoms with van der Waals surface area (Å²) in [5.74, 6) is 1.67. The normalized spacial score (nSPS) is 21.5. The molecule has 2 N–H and O–H groups in total. The molecule has 0 saturated heterocycles. The van der Waals surface area contributed by atoms with Gasteiger partial charge in [-0.3, -0.25) is 9.59 Å². The summed E-state index contributed by atoms with van der Waals surface area (Å²) in [5.41, 5.74) is 11.2. The van der Waals surface area contributed by atoms with Gasteiger partial charge >= 0.3 is 0 Å². The summed E-state index contributed by atoms with van der Waals surface area (Å²) in [7, 11) is 0. The van der Waals surface area contributed by atoms with Crippen molar-refractivity contribution in [3.05, 3.63) is 141 Å². The van der Waals surface area contributed by atoms with Crippen molar-refractivity contribution in [2.45, 2.75) is 79.1 Å². The molecule has 4 aliphatic rings. The van der Waals surface area contributed by atoms with Crippen molar-refractivity contribution in [1.82, 2.24) is 19.6 Å². The molecule has 8 nitrogen and oxygen atoms in total. The van der Waals surface area contributed by atoms with Crippen LogP contribution in [-0.2, 0) is 9.59 Å². The lowest BCUT2D eigenvalue weighted by Crippen LogP contribution is -2.34. The SMILES string of the molecule is Cc1nn(-c2ccccc2)c2c1C(c1ccc(C3C4=C(CC(C)(C)CC4=O)Nc4c3c(C)nn4-c3ccccc3)cc1)C1=C(CC(C)(C)CC1=O)N2. The molecule has 0 radical (unpaired) electrons. The highest BCUT2D eigenvalue weighted by Gasteiger charge is 2.45. The van der Waals surface area contributed by atoms with Crippen molar-refractivity contribution in [2.75, 3.05) is 10.6 Å². The number of anilines is 2. The van der Waals surface area contributed by atoms with Crippen molar-refractivity contribution >= 4 is 23.2 Å². The highest BCUT2D eigenvalue weighted by molar-refractivity contribution is 6.02. The van der Waals surface area contributed by atoms with E-state index in [1.54, 1.807) is 0 Å². The molecule has 8 heteroatoms. The Morgan fingerprint density at radius 1 is 0.558 bits per heavy atom. The van der Waals surface area contributed by atoms with E-state index in [0.717, 1.165) is 92.0 Å². The first-order chi connectivity index (χ1) is 24.9. The minimum atomic E-state index is -0.264. The van der Waals surface area contributed by atoms with Gasteiger partial charge in [-0.2, -0.15) is 10.2 Å². The van der Waals surface area contributed by atoms with Crippen molar-refractivity contribution in [2.24, 2.45) is 10.8 Å². The van der Waals surface area contributed by atoms with E-state index in [-0.39, 0.29) is 34.2 Å². The molecular weight excluding hydrogens is 645 g/mol. The molecule has 2 unspecified atom stereocenters. The largest absolute Gasteiger partial charge is 0.343 e. The summed E-state index contributed by atoms with van der Waals surface area (Å²) in [4.78, 5) is 28.2. The lowest BCUT2D eigenvalue weighted by Gasteiger charge is -2.39. The van der Waals surface area contributed by atoms with E-state index in [0.29, 0.717) is 12.8 Å². The fourth-order valence-corrected chi connectivity index (χ4v) is 9.21. The monoisotopic (exact) mass is 688 g/mol. The Labute approximate surface area is 304 Å². The van der Waals surface area contributed by atoms with E-state index < -0.39 is 0 Å². The number of ketones is 2. The molecular formula is C44H44N6O2. The number of carbonyl (C=O) groups excluding carboxylic acids is 2. The molecule has 0 saturated carbocycles. The Balaban J connectivity index is 1.20. The molecule has 4 heterocycles. The molecule has 0 fully saturated rings. The highest BCUT2D eigenvalue weighted by atomic mass is 16.1. The van der Waals surface area contributed by atoms with Gasteiger partial charge in [0.25, 0.3) is 0 Å². The number of para-hydroxylation sites is 2. The van der Waals surface area contributed by atoms with E-state index in [9.17, 15) is 9.59 Å². The van der Waals surface area contributed by atoms with Crippen LogP contribution in [0.5, 0.6) is 0 Å². The maximum atomic E-state index is 14.1. The average molecular weight is 689 g/mol. The quantitative estimate of drug-likeness (QED) is 0.196. The zero-order chi connectivity index (χ0) is 36.1. The van der Waals surface area contributed by atoms with Crippen LogP contribution in [0.4, 0.5) is 11.6 Å². The molecule has 0 amide bonds. The molecule has 262 valence electrons. The number of Topliss-reactive ketones (excluding diaryl/α,β-unsaturated/α-hetero) is 2. The minimum Gasteiger partial charge on any atom is -0.343 e. The Kier molecular flexibility index (Phi) is 7.17. The molecule has 52 heavy (non-hydrogen) atoms. The molecule has 9 rings (SSSR count). The number of aryl methyl sites for hydroxylation is 2. The fraction of sp³-hybridized carbons (Fsp3) is 0.318. The topological polar surface area (TPSA) is 93.8 Å². The summed E-state index contributed by atoms with van der Waals surface area (Å²) in [6.07, 6.45) is 2.56. The van der Waals surface area contributed by atoms with Crippen LogP contribution < -0.4 is 10.6 Å². The third-order valence-electron chi connectivity index (χ3n) is 11.4. The molecule has 0 spiro atoms. The Morgan fingerprint density at radius 3 is 1.29 bits per heavy atom. The van der Waals surface area contributed by atoms with E-state index in [4.69, 9.17) is 10.2 Å². The summed E-state index contributed by atoms with van der Waals surface area (Å²) >= 11 is 0. The summed E-state index contributed by atoms with van der Waals surface area (Å²) < 4.78 is 3.96. The number of rotatable bonds is 4. The van der Waals surface area contributed by atoms with Gasteiger partial charge in [-0.15, -0.1) is 0 Å². The Bertz CT molecular complexity index is 2190. The second-order valence-corrected chi connectivity index (χ2v) is 16.6. The van der Waals surface area contributed by atoms with E-state index in [1.807, 2.05) is 59.6 Å². The van der Waals surface area contributed by atoms with Crippen LogP contribution in [0.15, 0.2) is 107 Å². The first-order valence-electron chi connectivity index (χ1n) is 18.4. The zero-order valence-electron chi connectivity index (χ0n) is 30.7. The smallest absolute Gasteiger partial charge is 0.162 e. The van der Waals surface area contributed by atoms with Crippen molar-refractivity contribution in [3.63, 3.8) is 0 Å². The molecule has 2 aliphatic heterocycles. The standard InChI is InChI=1S/C44H44N6O2/c1-25-35-37(39-31(21-43(3,4)23-33(39)51)45-41(35)49(47-25)29-13-9-7-10-14-29)27-17-19-28(20-18-27)38-36-26(2)48-50(30-15-11-8-12-16-30)42(36)46-32-22-44(5,6)24-34(52)40(32)38/h7-20,37-38,45-46H,21-24H2,1-6H3. The third kappa shape index (κ3) is 5.10. The molecule has 0 bridgehead atoms. The molecule has 3 aromatic carbocycles. The minimum absolute atomic E-state index is 0.150. The number of nitrogens with zero attached hydrogens (tertiary/aromatic N) is 4. The van der Waals surface area contributed by atoms with E-state index in [2.05, 4.69) is 86.9 Å². The van der Waals surface area contributed by atoms with Crippen LogP contribution in [0.25, 0.3) is 11.4 Å². The maximum Gasteiger partial charge on any atom is 0.162 e. The predicted octanol–water partition coefficient (Wildman–Crippen LogP) is 9.08. The summed E-state index contributed by atoms with van der Waals surface area (Å²) in [6.45, 7) is 12.8. The highest BCUT2D eigenvalue weighted by Crippen LogP contribution is 2.53. The maximum absolute atomic E-state index is 14.1. The van der Waals surface area contributed by atoms with Gasteiger partial charge in [0, 0.05) is 58.3 Å². The molecule has 2 atom stereocenters. The number of benzene rings is 3. The van der Waals surface area contributed by atoms with Gasteiger partial charge < -0.3 is 10.6 Å². The second-order valence-electron chi connectivity index (χ2n) is 16.6.